The van der Waals surface area contributed by atoms with Crippen molar-refractivity contribution >= 4 is 28.4 Å². The molecule has 1 fully saturated rings. The first-order chi connectivity index (χ1) is 10.8. The van der Waals surface area contributed by atoms with Crippen LogP contribution in [0, 0.1) is 5.92 Å². The Hall–Kier alpha value is -1.52. The van der Waals surface area contributed by atoms with Gasteiger partial charge < -0.3 is 10.6 Å². The average molecular weight is 314 g/mol. The number of hydrogen-bond donors (Lipinski definition) is 2. The van der Waals surface area contributed by atoms with Gasteiger partial charge in [-0.1, -0.05) is 30.3 Å². The predicted octanol–water partition coefficient (Wildman–Crippen LogP) is 3.05. The molecule has 1 saturated heterocycles. The lowest BCUT2D eigenvalue weighted by molar-refractivity contribution is -0.118. The third-order valence-electron chi connectivity index (χ3n) is 4.13. The van der Waals surface area contributed by atoms with Crippen LogP contribution in [0.4, 0.5) is 0 Å². The van der Waals surface area contributed by atoms with E-state index < -0.39 is 0 Å². The first-order valence-electron chi connectivity index (χ1n) is 7.90. The van der Waals surface area contributed by atoms with Crippen LogP contribution in [-0.2, 0) is 4.79 Å². The van der Waals surface area contributed by atoms with E-state index in [4.69, 9.17) is 0 Å². The van der Waals surface area contributed by atoms with E-state index in [1.54, 1.807) is 11.8 Å². The number of fused-ring (bicyclic) bond motifs is 1. The van der Waals surface area contributed by atoms with Crippen LogP contribution in [-0.4, -0.2) is 31.3 Å². The summed E-state index contributed by atoms with van der Waals surface area (Å²) in [4.78, 5) is 13.1. The summed E-state index contributed by atoms with van der Waals surface area (Å²) in [7, 11) is 0. The van der Waals surface area contributed by atoms with Crippen LogP contribution >= 0.6 is 11.8 Å². The van der Waals surface area contributed by atoms with Crippen LogP contribution < -0.4 is 10.6 Å². The maximum absolute atomic E-state index is 11.9. The van der Waals surface area contributed by atoms with Gasteiger partial charge in [0.15, 0.2) is 0 Å². The highest BCUT2D eigenvalue weighted by Crippen LogP contribution is 2.23. The molecule has 0 saturated carbocycles. The van der Waals surface area contributed by atoms with Crippen molar-refractivity contribution in [3.63, 3.8) is 0 Å². The monoisotopic (exact) mass is 314 g/mol. The average Bonchev–Trinajstić information content (AvgIpc) is 3.06. The summed E-state index contributed by atoms with van der Waals surface area (Å²) < 4.78 is 0. The summed E-state index contributed by atoms with van der Waals surface area (Å²) in [6, 6.07) is 14.7. The molecule has 2 aromatic rings. The van der Waals surface area contributed by atoms with Crippen molar-refractivity contribution in [2.24, 2.45) is 5.92 Å². The Kier molecular flexibility index (Phi) is 5.35. The van der Waals surface area contributed by atoms with Gasteiger partial charge in [0.25, 0.3) is 0 Å². The van der Waals surface area contributed by atoms with Crippen LogP contribution in [0.15, 0.2) is 47.4 Å². The number of rotatable bonds is 6. The minimum absolute atomic E-state index is 0.129. The molecule has 0 spiro atoms. The molecule has 2 aromatic carbocycles. The Morgan fingerprint density at radius 3 is 2.91 bits per heavy atom. The van der Waals surface area contributed by atoms with Gasteiger partial charge in [0.1, 0.15) is 0 Å². The molecular formula is C18H22N2OS. The van der Waals surface area contributed by atoms with Gasteiger partial charge in [-0.05, 0) is 54.8 Å². The smallest absolute Gasteiger partial charge is 0.230 e. The SMILES string of the molecule is O=C(CSc1ccc2ccccc2c1)NCCC1CCNC1. The molecule has 0 bridgehead atoms. The van der Waals surface area contributed by atoms with Crippen molar-refractivity contribution in [1.82, 2.24) is 10.6 Å². The number of hydrogen-bond acceptors (Lipinski definition) is 3. The van der Waals surface area contributed by atoms with E-state index >= 15 is 0 Å². The normalized spacial score (nSPS) is 17.7. The van der Waals surface area contributed by atoms with Crippen molar-refractivity contribution in [3.8, 4) is 0 Å². The zero-order chi connectivity index (χ0) is 15.2. The molecule has 4 heteroatoms. The Balaban J connectivity index is 1.43. The summed E-state index contributed by atoms with van der Waals surface area (Å²) in [6.45, 7) is 3.02. The second-order valence-electron chi connectivity index (χ2n) is 5.80. The second kappa shape index (κ2) is 7.65. The van der Waals surface area contributed by atoms with Gasteiger partial charge in [0, 0.05) is 11.4 Å². The van der Waals surface area contributed by atoms with E-state index in [-0.39, 0.29) is 5.91 Å². The summed E-state index contributed by atoms with van der Waals surface area (Å²) >= 11 is 1.60. The highest BCUT2D eigenvalue weighted by molar-refractivity contribution is 8.00. The highest BCUT2D eigenvalue weighted by atomic mass is 32.2. The number of carbonyl (C=O) groups excluding carboxylic acids is 1. The van der Waals surface area contributed by atoms with E-state index in [1.165, 1.54) is 17.2 Å². The largest absolute Gasteiger partial charge is 0.355 e. The van der Waals surface area contributed by atoms with Crippen LogP contribution in [0.25, 0.3) is 10.8 Å². The fraction of sp³-hybridized carbons (Fsp3) is 0.389. The first kappa shape index (κ1) is 15.4. The zero-order valence-corrected chi connectivity index (χ0v) is 13.5. The van der Waals surface area contributed by atoms with Gasteiger partial charge >= 0.3 is 0 Å². The van der Waals surface area contributed by atoms with E-state index in [0.717, 1.165) is 36.9 Å². The summed E-state index contributed by atoms with van der Waals surface area (Å²) in [5.74, 6) is 1.35. The maximum Gasteiger partial charge on any atom is 0.230 e. The zero-order valence-electron chi connectivity index (χ0n) is 12.7. The molecule has 1 aliphatic rings. The number of carbonyl (C=O) groups is 1. The molecule has 2 N–H and O–H groups in total. The molecule has 3 rings (SSSR count). The summed E-state index contributed by atoms with van der Waals surface area (Å²) in [6.07, 6.45) is 2.32. The first-order valence-corrected chi connectivity index (χ1v) is 8.89. The van der Waals surface area contributed by atoms with Crippen molar-refractivity contribution in [1.29, 1.82) is 0 Å². The number of nitrogens with one attached hydrogen (secondary N) is 2. The Labute approximate surface area is 135 Å². The van der Waals surface area contributed by atoms with Gasteiger partial charge in [-0.25, -0.2) is 0 Å². The highest BCUT2D eigenvalue weighted by Gasteiger charge is 2.14. The molecule has 1 atom stereocenters. The lowest BCUT2D eigenvalue weighted by Gasteiger charge is -2.09. The van der Waals surface area contributed by atoms with Gasteiger partial charge in [0.2, 0.25) is 5.91 Å². The molecule has 0 aliphatic carbocycles. The van der Waals surface area contributed by atoms with Crippen LogP contribution in [0.2, 0.25) is 0 Å². The predicted molar refractivity (Wildman–Crippen MR) is 93.3 cm³/mol. The standard InChI is InChI=1S/C18H22N2OS/c21-18(20-10-8-14-7-9-19-12-14)13-22-17-6-5-15-3-1-2-4-16(15)11-17/h1-6,11,14,19H,7-10,12-13H2,(H,20,21). The van der Waals surface area contributed by atoms with Gasteiger partial charge in [0.05, 0.1) is 5.75 Å². The fourth-order valence-corrected chi connectivity index (χ4v) is 3.61. The van der Waals surface area contributed by atoms with Crippen molar-refractivity contribution in [2.45, 2.75) is 17.7 Å². The third-order valence-corrected chi connectivity index (χ3v) is 5.12. The van der Waals surface area contributed by atoms with Crippen molar-refractivity contribution in [3.05, 3.63) is 42.5 Å². The maximum atomic E-state index is 11.9. The minimum Gasteiger partial charge on any atom is -0.355 e. The second-order valence-corrected chi connectivity index (χ2v) is 6.84. The molecule has 1 aliphatic heterocycles. The lowest BCUT2D eigenvalue weighted by atomic mass is 10.1. The van der Waals surface area contributed by atoms with Crippen LogP contribution in [0.3, 0.4) is 0 Å². The molecule has 1 amide bonds. The molecule has 1 unspecified atom stereocenters. The van der Waals surface area contributed by atoms with E-state index in [1.807, 2.05) is 12.1 Å². The number of benzene rings is 2. The molecule has 1 heterocycles. The van der Waals surface area contributed by atoms with Gasteiger partial charge in [-0.2, -0.15) is 0 Å². The van der Waals surface area contributed by atoms with Crippen LogP contribution in [0.5, 0.6) is 0 Å². The minimum atomic E-state index is 0.129. The van der Waals surface area contributed by atoms with E-state index in [9.17, 15) is 4.79 Å². The number of amides is 1. The topological polar surface area (TPSA) is 41.1 Å². The number of thioether (sulfide) groups is 1. The molecular weight excluding hydrogens is 292 g/mol. The summed E-state index contributed by atoms with van der Waals surface area (Å²) in [5, 5.41) is 8.85. The molecule has 22 heavy (non-hydrogen) atoms. The Bertz CT molecular complexity index is 638. The van der Waals surface area contributed by atoms with Crippen molar-refractivity contribution in [2.75, 3.05) is 25.4 Å². The fourth-order valence-electron chi connectivity index (χ4n) is 2.83. The lowest BCUT2D eigenvalue weighted by Crippen LogP contribution is -2.27. The summed E-state index contributed by atoms with van der Waals surface area (Å²) in [5.41, 5.74) is 0. The quantitative estimate of drug-likeness (QED) is 0.805. The van der Waals surface area contributed by atoms with E-state index in [2.05, 4.69) is 41.0 Å². The van der Waals surface area contributed by atoms with Gasteiger partial charge in [-0.15, -0.1) is 11.8 Å². The molecule has 3 nitrogen and oxygen atoms in total. The third kappa shape index (κ3) is 4.24. The molecule has 0 aromatic heterocycles. The van der Waals surface area contributed by atoms with Gasteiger partial charge in [-0.3, -0.25) is 4.79 Å². The molecule has 116 valence electrons. The van der Waals surface area contributed by atoms with Crippen LogP contribution in [0.1, 0.15) is 12.8 Å². The van der Waals surface area contributed by atoms with E-state index in [0.29, 0.717) is 5.75 Å². The Morgan fingerprint density at radius 1 is 1.23 bits per heavy atom. The van der Waals surface area contributed by atoms with Crippen molar-refractivity contribution < 1.29 is 4.79 Å². The Morgan fingerprint density at radius 2 is 2.09 bits per heavy atom. The molecule has 0 radical (unpaired) electrons.